The van der Waals surface area contributed by atoms with E-state index in [1.807, 2.05) is 42.5 Å². The third kappa shape index (κ3) is 2.44. The number of methoxy groups -OCH3 is 2. The van der Waals surface area contributed by atoms with Crippen molar-refractivity contribution in [3.05, 3.63) is 53.6 Å². The van der Waals surface area contributed by atoms with Gasteiger partial charge in [-0.05, 0) is 23.8 Å². The van der Waals surface area contributed by atoms with Crippen LogP contribution in [0.5, 0.6) is 17.2 Å². The van der Waals surface area contributed by atoms with E-state index in [1.165, 1.54) is 0 Å². The lowest BCUT2D eigenvalue weighted by atomic mass is 9.86. The summed E-state index contributed by atoms with van der Waals surface area (Å²) in [6, 6.07) is 13.4. The molecule has 0 bridgehead atoms. The molecule has 108 valence electrons. The van der Waals surface area contributed by atoms with Crippen molar-refractivity contribution in [2.75, 3.05) is 14.2 Å². The number of carbonyl (C=O) groups is 1. The fraction of sp³-hybridized carbons (Fsp3) is 0.235. The van der Waals surface area contributed by atoms with Gasteiger partial charge in [-0.3, -0.25) is 4.79 Å². The van der Waals surface area contributed by atoms with Crippen LogP contribution >= 0.6 is 0 Å². The average Bonchev–Trinajstić information content (AvgIpc) is 2.53. The minimum Gasteiger partial charge on any atom is -0.493 e. The van der Waals surface area contributed by atoms with Crippen molar-refractivity contribution in [3.63, 3.8) is 0 Å². The fourth-order valence-electron chi connectivity index (χ4n) is 2.67. The zero-order valence-corrected chi connectivity index (χ0v) is 12.0. The number of hydrogen-bond acceptors (Lipinski definition) is 4. The van der Waals surface area contributed by atoms with Crippen LogP contribution < -0.4 is 14.2 Å². The quantitative estimate of drug-likeness (QED) is 0.641. The molecule has 4 heteroatoms. The highest BCUT2D eigenvalue weighted by Crippen LogP contribution is 2.40. The third-order valence-corrected chi connectivity index (χ3v) is 3.70. The van der Waals surface area contributed by atoms with Gasteiger partial charge in [0.15, 0.2) is 11.5 Å². The van der Waals surface area contributed by atoms with E-state index in [0.29, 0.717) is 23.7 Å². The summed E-state index contributed by atoms with van der Waals surface area (Å²) in [6.45, 7) is 0. The molecule has 0 saturated carbocycles. The van der Waals surface area contributed by atoms with Gasteiger partial charge in [0.05, 0.1) is 20.6 Å². The molecule has 1 heterocycles. The van der Waals surface area contributed by atoms with Gasteiger partial charge in [-0.2, -0.15) is 0 Å². The van der Waals surface area contributed by atoms with Crippen molar-refractivity contribution in [1.82, 2.24) is 0 Å². The van der Waals surface area contributed by atoms with Gasteiger partial charge in [-0.1, -0.05) is 24.3 Å². The number of hydrogen-bond donors (Lipinski definition) is 0. The molecule has 0 amide bonds. The van der Waals surface area contributed by atoms with Crippen LogP contribution in [0.2, 0.25) is 0 Å². The Balaban J connectivity index is 2.06. The second kappa shape index (κ2) is 5.48. The molecule has 1 unspecified atom stereocenters. The highest BCUT2D eigenvalue weighted by molar-refractivity contribution is 5.77. The normalized spacial score (nSPS) is 16.9. The molecule has 0 saturated heterocycles. The van der Waals surface area contributed by atoms with Crippen LogP contribution in [0.4, 0.5) is 0 Å². The van der Waals surface area contributed by atoms with E-state index in [0.717, 1.165) is 11.1 Å². The number of benzene rings is 2. The van der Waals surface area contributed by atoms with Crippen molar-refractivity contribution >= 4 is 5.97 Å². The number of ether oxygens (including phenoxy) is 3. The minimum absolute atomic E-state index is 0.0257. The predicted octanol–water partition coefficient (Wildman–Crippen LogP) is 3.14. The first-order chi connectivity index (χ1) is 10.2. The van der Waals surface area contributed by atoms with Crippen molar-refractivity contribution in [2.24, 2.45) is 0 Å². The summed E-state index contributed by atoms with van der Waals surface area (Å²) < 4.78 is 15.9. The molecule has 0 aliphatic carbocycles. The summed E-state index contributed by atoms with van der Waals surface area (Å²) in [5.74, 6) is 1.73. The summed E-state index contributed by atoms with van der Waals surface area (Å²) >= 11 is 0. The summed E-state index contributed by atoms with van der Waals surface area (Å²) in [4.78, 5) is 11.8. The SMILES string of the molecule is COc1ccc(C2CC(=O)Oc3ccccc32)cc1OC. The van der Waals surface area contributed by atoms with E-state index in [1.54, 1.807) is 14.2 Å². The Morgan fingerprint density at radius 1 is 1.05 bits per heavy atom. The van der Waals surface area contributed by atoms with E-state index in [2.05, 4.69) is 0 Å². The molecule has 0 aromatic heterocycles. The number of fused-ring (bicyclic) bond motifs is 1. The Morgan fingerprint density at radius 2 is 1.81 bits per heavy atom. The molecule has 2 aromatic carbocycles. The number of carbonyl (C=O) groups excluding carboxylic acids is 1. The van der Waals surface area contributed by atoms with Crippen LogP contribution in [0.25, 0.3) is 0 Å². The van der Waals surface area contributed by atoms with Crippen molar-refractivity contribution in [2.45, 2.75) is 12.3 Å². The van der Waals surface area contributed by atoms with Gasteiger partial charge in [0.1, 0.15) is 5.75 Å². The highest BCUT2D eigenvalue weighted by Gasteiger charge is 2.28. The summed E-state index contributed by atoms with van der Waals surface area (Å²) in [7, 11) is 3.20. The molecule has 4 nitrogen and oxygen atoms in total. The van der Waals surface area contributed by atoms with E-state index in [4.69, 9.17) is 14.2 Å². The lowest BCUT2D eigenvalue weighted by Crippen LogP contribution is -2.20. The monoisotopic (exact) mass is 284 g/mol. The molecular formula is C17H16O4. The predicted molar refractivity (Wildman–Crippen MR) is 78.1 cm³/mol. The van der Waals surface area contributed by atoms with Crippen LogP contribution in [0, 0.1) is 0 Å². The number of para-hydroxylation sites is 1. The van der Waals surface area contributed by atoms with Crippen LogP contribution in [0.15, 0.2) is 42.5 Å². The third-order valence-electron chi connectivity index (χ3n) is 3.70. The van der Waals surface area contributed by atoms with Crippen molar-refractivity contribution in [1.29, 1.82) is 0 Å². The summed E-state index contributed by atoms with van der Waals surface area (Å²) in [5, 5.41) is 0. The van der Waals surface area contributed by atoms with Gasteiger partial charge < -0.3 is 14.2 Å². The molecule has 1 aliphatic rings. The van der Waals surface area contributed by atoms with E-state index >= 15 is 0 Å². The number of esters is 1. The molecule has 2 aromatic rings. The van der Waals surface area contributed by atoms with Crippen LogP contribution in [0.1, 0.15) is 23.5 Å². The second-order valence-electron chi connectivity index (χ2n) is 4.88. The first-order valence-electron chi connectivity index (χ1n) is 6.74. The zero-order valence-electron chi connectivity index (χ0n) is 12.0. The smallest absolute Gasteiger partial charge is 0.312 e. The van der Waals surface area contributed by atoms with E-state index in [9.17, 15) is 4.79 Å². The van der Waals surface area contributed by atoms with Gasteiger partial charge in [0.2, 0.25) is 0 Å². The van der Waals surface area contributed by atoms with Crippen molar-refractivity contribution < 1.29 is 19.0 Å². The minimum atomic E-state index is -0.214. The summed E-state index contributed by atoms with van der Waals surface area (Å²) in [6.07, 6.45) is 0.326. The first-order valence-corrected chi connectivity index (χ1v) is 6.74. The second-order valence-corrected chi connectivity index (χ2v) is 4.88. The Labute approximate surface area is 123 Å². The Bertz CT molecular complexity index is 678. The van der Waals surface area contributed by atoms with Gasteiger partial charge in [0, 0.05) is 11.5 Å². The topological polar surface area (TPSA) is 44.8 Å². The number of rotatable bonds is 3. The molecule has 0 radical (unpaired) electrons. The fourth-order valence-corrected chi connectivity index (χ4v) is 2.67. The maximum Gasteiger partial charge on any atom is 0.312 e. The van der Waals surface area contributed by atoms with Gasteiger partial charge in [-0.25, -0.2) is 0 Å². The molecule has 3 rings (SSSR count). The Kier molecular flexibility index (Phi) is 3.52. The maximum absolute atomic E-state index is 11.8. The highest BCUT2D eigenvalue weighted by atomic mass is 16.5. The zero-order chi connectivity index (χ0) is 14.8. The Hall–Kier alpha value is -2.49. The lowest BCUT2D eigenvalue weighted by molar-refractivity contribution is -0.135. The Morgan fingerprint density at radius 3 is 2.57 bits per heavy atom. The first kappa shape index (κ1) is 13.5. The van der Waals surface area contributed by atoms with Gasteiger partial charge in [0.25, 0.3) is 0 Å². The maximum atomic E-state index is 11.8. The molecular weight excluding hydrogens is 268 g/mol. The largest absolute Gasteiger partial charge is 0.493 e. The standard InChI is InChI=1S/C17H16O4/c1-19-15-8-7-11(9-16(15)20-2)13-10-17(18)21-14-6-4-3-5-12(13)14/h3-9,13H,10H2,1-2H3. The van der Waals surface area contributed by atoms with Gasteiger partial charge in [-0.15, -0.1) is 0 Å². The van der Waals surface area contributed by atoms with Crippen LogP contribution in [-0.2, 0) is 4.79 Å². The molecule has 1 atom stereocenters. The van der Waals surface area contributed by atoms with Crippen LogP contribution in [-0.4, -0.2) is 20.2 Å². The van der Waals surface area contributed by atoms with Crippen molar-refractivity contribution in [3.8, 4) is 17.2 Å². The molecule has 0 fully saturated rings. The van der Waals surface area contributed by atoms with E-state index < -0.39 is 0 Å². The van der Waals surface area contributed by atoms with Crippen LogP contribution in [0.3, 0.4) is 0 Å². The average molecular weight is 284 g/mol. The summed E-state index contributed by atoms with van der Waals surface area (Å²) in [5.41, 5.74) is 2.03. The molecule has 0 N–H and O–H groups in total. The molecule has 1 aliphatic heterocycles. The lowest BCUT2D eigenvalue weighted by Gasteiger charge is -2.25. The van der Waals surface area contributed by atoms with Gasteiger partial charge >= 0.3 is 5.97 Å². The molecule has 0 spiro atoms. The molecule has 21 heavy (non-hydrogen) atoms. The van der Waals surface area contributed by atoms with E-state index in [-0.39, 0.29) is 11.9 Å².